The maximum absolute atomic E-state index is 12.9. The van der Waals surface area contributed by atoms with Gasteiger partial charge in [0.2, 0.25) is 15.9 Å². The minimum Gasteiger partial charge on any atom is -0.450 e. The van der Waals surface area contributed by atoms with Crippen LogP contribution in [-0.2, 0) is 19.6 Å². The molecule has 1 saturated heterocycles. The Morgan fingerprint density at radius 2 is 1.62 bits per heavy atom. The van der Waals surface area contributed by atoms with E-state index in [-0.39, 0.29) is 12.5 Å². The molecule has 8 nitrogen and oxygen atoms in total. The van der Waals surface area contributed by atoms with E-state index in [2.05, 4.69) is 0 Å². The van der Waals surface area contributed by atoms with Crippen LogP contribution in [0.5, 0.6) is 0 Å². The quantitative estimate of drug-likeness (QED) is 0.739. The number of carbonyl (C=O) groups excluding carboxylic acids is 2. The molecule has 0 atom stereocenters. The first-order valence-electron chi connectivity index (χ1n) is 9.46. The second-order valence-corrected chi connectivity index (χ2v) is 8.74. The van der Waals surface area contributed by atoms with Crippen LogP contribution in [0.15, 0.2) is 42.5 Å². The number of benzene rings is 2. The van der Waals surface area contributed by atoms with Crippen molar-refractivity contribution in [3.8, 4) is 0 Å². The van der Waals surface area contributed by atoms with Gasteiger partial charge in [-0.25, -0.2) is 13.2 Å². The van der Waals surface area contributed by atoms with Gasteiger partial charge < -0.3 is 14.5 Å². The zero-order valence-corrected chi connectivity index (χ0v) is 17.4. The first-order valence-corrected chi connectivity index (χ1v) is 11.3. The number of amides is 2. The maximum Gasteiger partial charge on any atom is 0.409 e. The second-order valence-electron chi connectivity index (χ2n) is 6.83. The molecule has 0 radical (unpaired) electrons. The molecule has 29 heavy (non-hydrogen) atoms. The Morgan fingerprint density at radius 1 is 1.00 bits per heavy atom. The number of anilines is 1. The molecule has 0 unspecified atom stereocenters. The van der Waals surface area contributed by atoms with Crippen molar-refractivity contribution in [1.82, 2.24) is 9.80 Å². The van der Waals surface area contributed by atoms with Gasteiger partial charge in [-0.1, -0.05) is 36.4 Å². The number of hydrogen-bond donors (Lipinski definition) is 0. The SMILES string of the molecule is CCOC(=O)N1CCN(C(=O)CN(c2cccc3ccccc23)S(C)(=O)=O)CC1. The highest BCUT2D eigenvalue weighted by Gasteiger charge is 2.29. The predicted octanol–water partition coefficient (Wildman–Crippen LogP) is 1.91. The number of carbonyl (C=O) groups is 2. The first kappa shape index (κ1) is 20.9. The van der Waals surface area contributed by atoms with E-state index >= 15 is 0 Å². The molecule has 1 aliphatic heterocycles. The third kappa shape index (κ3) is 4.79. The van der Waals surface area contributed by atoms with Crippen molar-refractivity contribution >= 4 is 38.5 Å². The predicted molar refractivity (Wildman–Crippen MR) is 111 cm³/mol. The number of piperazine rings is 1. The molecule has 0 N–H and O–H groups in total. The van der Waals surface area contributed by atoms with Crippen molar-refractivity contribution in [3.63, 3.8) is 0 Å². The maximum atomic E-state index is 12.9. The molecule has 0 aliphatic carbocycles. The van der Waals surface area contributed by atoms with Gasteiger partial charge in [0.1, 0.15) is 6.54 Å². The third-order valence-electron chi connectivity index (χ3n) is 4.87. The third-order valence-corrected chi connectivity index (χ3v) is 6.00. The van der Waals surface area contributed by atoms with Crippen molar-refractivity contribution in [2.24, 2.45) is 0 Å². The molecule has 3 rings (SSSR count). The summed E-state index contributed by atoms with van der Waals surface area (Å²) in [5, 5.41) is 1.66. The monoisotopic (exact) mass is 419 g/mol. The van der Waals surface area contributed by atoms with E-state index in [0.29, 0.717) is 38.5 Å². The number of fused-ring (bicyclic) bond motifs is 1. The minimum absolute atomic E-state index is 0.285. The normalized spacial score (nSPS) is 14.7. The molecule has 1 aliphatic rings. The summed E-state index contributed by atoms with van der Waals surface area (Å²) in [5.41, 5.74) is 0.476. The lowest BCUT2D eigenvalue weighted by Gasteiger charge is -2.35. The van der Waals surface area contributed by atoms with Crippen molar-refractivity contribution in [2.45, 2.75) is 6.92 Å². The highest BCUT2D eigenvalue weighted by molar-refractivity contribution is 7.92. The lowest BCUT2D eigenvalue weighted by molar-refractivity contribution is -0.131. The molecule has 0 spiro atoms. The molecule has 2 amide bonds. The molecular formula is C20H25N3O5S. The zero-order valence-electron chi connectivity index (χ0n) is 16.6. The highest BCUT2D eigenvalue weighted by Crippen LogP contribution is 2.28. The van der Waals surface area contributed by atoms with Crippen molar-refractivity contribution in [1.29, 1.82) is 0 Å². The first-order chi connectivity index (χ1) is 13.8. The fourth-order valence-corrected chi connectivity index (χ4v) is 4.24. The van der Waals surface area contributed by atoms with E-state index in [1.165, 1.54) is 0 Å². The molecule has 0 saturated carbocycles. The smallest absolute Gasteiger partial charge is 0.409 e. The summed E-state index contributed by atoms with van der Waals surface area (Å²) in [6, 6.07) is 12.8. The van der Waals surface area contributed by atoms with E-state index in [1.54, 1.807) is 28.9 Å². The van der Waals surface area contributed by atoms with Crippen LogP contribution in [0.2, 0.25) is 0 Å². The fraction of sp³-hybridized carbons (Fsp3) is 0.400. The Labute approximate surface area is 170 Å². The van der Waals surface area contributed by atoms with Crippen LogP contribution in [-0.4, -0.2) is 75.8 Å². The van der Waals surface area contributed by atoms with Gasteiger partial charge in [-0.3, -0.25) is 9.10 Å². The van der Waals surface area contributed by atoms with Crippen molar-refractivity contribution in [3.05, 3.63) is 42.5 Å². The molecule has 0 bridgehead atoms. The summed E-state index contributed by atoms with van der Waals surface area (Å²) in [7, 11) is -3.67. The topological polar surface area (TPSA) is 87.2 Å². The van der Waals surface area contributed by atoms with Crippen LogP contribution in [0.3, 0.4) is 0 Å². The van der Waals surface area contributed by atoms with Crippen molar-refractivity contribution < 1.29 is 22.7 Å². The van der Waals surface area contributed by atoms with Crippen LogP contribution in [0.4, 0.5) is 10.5 Å². The summed E-state index contributed by atoms with van der Waals surface area (Å²) in [6.07, 6.45) is 0.703. The lowest BCUT2D eigenvalue weighted by Crippen LogP contribution is -2.53. The zero-order chi connectivity index (χ0) is 21.0. The molecule has 1 heterocycles. The van der Waals surface area contributed by atoms with Crippen LogP contribution >= 0.6 is 0 Å². The Morgan fingerprint density at radius 3 is 2.28 bits per heavy atom. The van der Waals surface area contributed by atoms with E-state index < -0.39 is 16.1 Å². The molecule has 156 valence electrons. The Bertz CT molecular complexity index is 995. The Kier molecular flexibility index (Phi) is 6.26. The van der Waals surface area contributed by atoms with Gasteiger partial charge in [-0.05, 0) is 18.4 Å². The molecule has 2 aromatic rings. The van der Waals surface area contributed by atoms with Crippen molar-refractivity contribution in [2.75, 3.05) is 49.9 Å². The molecule has 9 heteroatoms. The average molecular weight is 420 g/mol. The minimum atomic E-state index is -3.67. The number of nitrogens with zero attached hydrogens (tertiary/aromatic N) is 3. The molecule has 2 aromatic carbocycles. The van der Waals surface area contributed by atoms with Crippen LogP contribution in [0, 0.1) is 0 Å². The number of hydrogen-bond acceptors (Lipinski definition) is 5. The molecule has 0 aromatic heterocycles. The summed E-state index contributed by atoms with van der Waals surface area (Å²) in [5.74, 6) is -0.299. The van der Waals surface area contributed by atoms with Crippen LogP contribution in [0.25, 0.3) is 10.8 Å². The summed E-state index contributed by atoms with van der Waals surface area (Å²) in [6.45, 7) is 3.15. The van der Waals surface area contributed by atoms with Gasteiger partial charge in [-0.15, -0.1) is 0 Å². The lowest BCUT2D eigenvalue weighted by atomic mass is 10.1. The number of rotatable bonds is 5. The van der Waals surface area contributed by atoms with Crippen LogP contribution < -0.4 is 4.31 Å². The van der Waals surface area contributed by atoms with Gasteiger partial charge in [-0.2, -0.15) is 0 Å². The van der Waals surface area contributed by atoms with E-state index in [0.717, 1.165) is 21.3 Å². The van der Waals surface area contributed by atoms with Gasteiger partial charge in [0, 0.05) is 31.6 Å². The summed E-state index contributed by atoms with van der Waals surface area (Å²) < 4.78 is 31.1. The van der Waals surface area contributed by atoms with E-state index in [1.807, 2.05) is 30.3 Å². The van der Waals surface area contributed by atoms with Crippen LogP contribution in [0.1, 0.15) is 6.92 Å². The second kappa shape index (κ2) is 8.69. The van der Waals surface area contributed by atoms with E-state index in [4.69, 9.17) is 4.74 Å². The highest BCUT2D eigenvalue weighted by atomic mass is 32.2. The largest absolute Gasteiger partial charge is 0.450 e. The Hall–Kier alpha value is -2.81. The average Bonchev–Trinajstić information content (AvgIpc) is 2.71. The molecule has 1 fully saturated rings. The summed E-state index contributed by atoms with van der Waals surface area (Å²) in [4.78, 5) is 27.8. The standard InChI is InChI=1S/C20H25N3O5S/c1-3-28-20(25)22-13-11-21(12-14-22)19(24)15-23(29(2,26)27)18-10-6-8-16-7-4-5-9-17(16)18/h4-10H,3,11-15H2,1-2H3. The molecular weight excluding hydrogens is 394 g/mol. The summed E-state index contributed by atoms with van der Waals surface area (Å²) >= 11 is 0. The van der Waals surface area contributed by atoms with Gasteiger partial charge >= 0.3 is 6.09 Å². The van der Waals surface area contributed by atoms with E-state index in [9.17, 15) is 18.0 Å². The van der Waals surface area contributed by atoms with Gasteiger partial charge in [0.05, 0.1) is 18.6 Å². The number of sulfonamides is 1. The van der Waals surface area contributed by atoms with Gasteiger partial charge in [0.15, 0.2) is 0 Å². The number of ether oxygens (including phenoxy) is 1. The Balaban J connectivity index is 1.77. The fourth-order valence-electron chi connectivity index (χ4n) is 3.38. The van der Waals surface area contributed by atoms with Gasteiger partial charge in [0.25, 0.3) is 0 Å².